The molecule has 0 spiro atoms. The molecule has 1 atom stereocenters. The zero-order valence-corrected chi connectivity index (χ0v) is 12.1. The highest BCUT2D eigenvalue weighted by Crippen LogP contribution is 2.31. The lowest BCUT2D eigenvalue weighted by Gasteiger charge is -2.34. The standard InChI is InChI=1S/C13H20F3N3O2/c1-8(2)12-17-10(18-21-12)7-19-5-3-9(4-6-19)11(20)13(14,15)16/h8-9,11,20H,3-7H2,1-2H3. The van der Waals surface area contributed by atoms with Crippen LogP contribution in [0.5, 0.6) is 0 Å². The van der Waals surface area contributed by atoms with E-state index in [1.165, 1.54) is 0 Å². The topological polar surface area (TPSA) is 62.4 Å². The SMILES string of the molecule is CC(C)c1nc(CN2CCC(C(O)C(F)(F)F)CC2)no1. The van der Waals surface area contributed by atoms with Gasteiger partial charge in [0.15, 0.2) is 11.9 Å². The van der Waals surface area contributed by atoms with E-state index in [0.29, 0.717) is 44.2 Å². The van der Waals surface area contributed by atoms with Crippen molar-refractivity contribution in [2.45, 2.75) is 51.4 Å². The predicted octanol–water partition coefficient (Wildman–Crippen LogP) is 2.33. The van der Waals surface area contributed by atoms with Crippen molar-refractivity contribution in [3.05, 3.63) is 11.7 Å². The van der Waals surface area contributed by atoms with Crippen LogP contribution in [0.25, 0.3) is 0 Å². The summed E-state index contributed by atoms with van der Waals surface area (Å²) in [7, 11) is 0. The first-order valence-corrected chi connectivity index (χ1v) is 7.07. The van der Waals surface area contributed by atoms with Crippen LogP contribution in [0.2, 0.25) is 0 Å². The summed E-state index contributed by atoms with van der Waals surface area (Å²) in [6.45, 7) is 5.33. The first-order chi connectivity index (χ1) is 9.77. The van der Waals surface area contributed by atoms with Crippen molar-refractivity contribution in [3.63, 3.8) is 0 Å². The van der Waals surface area contributed by atoms with E-state index in [0.717, 1.165) is 0 Å². The van der Waals surface area contributed by atoms with E-state index in [1.807, 2.05) is 18.7 Å². The Morgan fingerprint density at radius 1 is 1.33 bits per heavy atom. The molecule has 1 aliphatic rings. The van der Waals surface area contributed by atoms with Crippen molar-refractivity contribution >= 4 is 0 Å². The summed E-state index contributed by atoms with van der Waals surface area (Å²) in [6, 6.07) is 0. The van der Waals surface area contributed by atoms with Gasteiger partial charge in [0.2, 0.25) is 5.89 Å². The Morgan fingerprint density at radius 2 is 1.95 bits per heavy atom. The van der Waals surface area contributed by atoms with Crippen LogP contribution in [-0.2, 0) is 6.54 Å². The maximum atomic E-state index is 12.5. The Morgan fingerprint density at radius 3 is 2.43 bits per heavy atom. The van der Waals surface area contributed by atoms with Gasteiger partial charge in [0, 0.05) is 5.92 Å². The van der Waals surface area contributed by atoms with Crippen LogP contribution in [0.3, 0.4) is 0 Å². The maximum absolute atomic E-state index is 12.5. The Hall–Kier alpha value is -1.15. The zero-order chi connectivity index (χ0) is 15.6. The predicted molar refractivity (Wildman–Crippen MR) is 68.4 cm³/mol. The molecule has 0 saturated carbocycles. The second kappa shape index (κ2) is 6.31. The summed E-state index contributed by atoms with van der Waals surface area (Å²) in [5.41, 5.74) is 0. The minimum Gasteiger partial charge on any atom is -0.383 e. The van der Waals surface area contributed by atoms with Crippen molar-refractivity contribution < 1.29 is 22.8 Å². The quantitative estimate of drug-likeness (QED) is 0.925. The van der Waals surface area contributed by atoms with Gasteiger partial charge in [-0.1, -0.05) is 19.0 Å². The van der Waals surface area contributed by atoms with Crippen LogP contribution < -0.4 is 0 Å². The summed E-state index contributed by atoms with van der Waals surface area (Å²) in [6.07, 6.45) is -6.13. The lowest BCUT2D eigenvalue weighted by Crippen LogP contribution is -2.43. The summed E-state index contributed by atoms with van der Waals surface area (Å²) in [4.78, 5) is 6.23. The number of nitrogens with zero attached hydrogens (tertiary/aromatic N) is 3. The van der Waals surface area contributed by atoms with Gasteiger partial charge in [-0.05, 0) is 31.8 Å². The number of hydrogen-bond acceptors (Lipinski definition) is 5. The molecule has 8 heteroatoms. The molecular formula is C13H20F3N3O2. The average molecular weight is 307 g/mol. The van der Waals surface area contributed by atoms with Crippen LogP contribution in [-0.4, -0.2) is 45.5 Å². The molecular weight excluding hydrogens is 287 g/mol. The van der Waals surface area contributed by atoms with Gasteiger partial charge < -0.3 is 9.63 Å². The Kier molecular flexibility index (Phi) is 4.88. The van der Waals surface area contributed by atoms with E-state index in [2.05, 4.69) is 10.1 Å². The van der Waals surface area contributed by atoms with Gasteiger partial charge in [-0.3, -0.25) is 4.90 Å². The van der Waals surface area contributed by atoms with E-state index < -0.39 is 18.2 Å². The van der Waals surface area contributed by atoms with Crippen molar-refractivity contribution in [2.75, 3.05) is 13.1 Å². The van der Waals surface area contributed by atoms with Gasteiger partial charge in [0.1, 0.15) is 0 Å². The molecule has 0 bridgehead atoms. The minimum absolute atomic E-state index is 0.152. The number of halogens is 3. The normalized spacial score (nSPS) is 20.1. The van der Waals surface area contributed by atoms with E-state index >= 15 is 0 Å². The molecule has 1 unspecified atom stereocenters. The van der Waals surface area contributed by atoms with E-state index in [1.54, 1.807) is 0 Å². The van der Waals surface area contributed by atoms with Crippen molar-refractivity contribution in [3.8, 4) is 0 Å². The Labute approximate surface area is 121 Å². The highest BCUT2D eigenvalue weighted by Gasteiger charge is 2.44. The molecule has 0 amide bonds. The monoisotopic (exact) mass is 307 g/mol. The summed E-state index contributed by atoms with van der Waals surface area (Å²) in [5, 5.41) is 13.1. The first-order valence-electron chi connectivity index (χ1n) is 7.07. The molecule has 0 aromatic carbocycles. The highest BCUT2D eigenvalue weighted by atomic mass is 19.4. The molecule has 1 fully saturated rings. The van der Waals surface area contributed by atoms with Gasteiger partial charge in [-0.2, -0.15) is 18.2 Å². The zero-order valence-electron chi connectivity index (χ0n) is 12.1. The number of likely N-dealkylation sites (tertiary alicyclic amines) is 1. The molecule has 120 valence electrons. The van der Waals surface area contributed by atoms with Gasteiger partial charge >= 0.3 is 6.18 Å². The summed E-state index contributed by atoms with van der Waals surface area (Å²) < 4.78 is 42.5. The Bertz CT molecular complexity index is 454. The molecule has 1 N–H and O–H groups in total. The van der Waals surface area contributed by atoms with Crippen LogP contribution >= 0.6 is 0 Å². The van der Waals surface area contributed by atoms with E-state index in [9.17, 15) is 18.3 Å². The fraction of sp³-hybridized carbons (Fsp3) is 0.846. The molecule has 21 heavy (non-hydrogen) atoms. The van der Waals surface area contributed by atoms with E-state index in [-0.39, 0.29) is 5.92 Å². The van der Waals surface area contributed by atoms with Crippen LogP contribution in [0.1, 0.15) is 44.3 Å². The fourth-order valence-corrected chi connectivity index (χ4v) is 2.46. The van der Waals surface area contributed by atoms with Gasteiger partial charge in [0.05, 0.1) is 6.54 Å². The molecule has 0 aliphatic carbocycles. The fourth-order valence-electron chi connectivity index (χ4n) is 2.46. The molecule has 2 rings (SSSR count). The molecule has 0 radical (unpaired) electrons. The molecule has 1 aliphatic heterocycles. The number of hydrogen-bond donors (Lipinski definition) is 1. The number of aromatic nitrogens is 2. The van der Waals surface area contributed by atoms with Crippen LogP contribution in [0.4, 0.5) is 13.2 Å². The molecule has 1 saturated heterocycles. The van der Waals surface area contributed by atoms with Gasteiger partial charge in [-0.15, -0.1) is 0 Å². The summed E-state index contributed by atoms with van der Waals surface area (Å²) >= 11 is 0. The average Bonchev–Trinajstić information content (AvgIpc) is 2.86. The molecule has 1 aromatic rings. The smallest absolute Gasteiger partial charge is 0.383 e. The van der Waals surface area contributed by atoms with Crippen molar-refractivity contribution in [1.29, 1.82) is 0 Å². The highest BCUT2D eigenvalue weighted by molar-refractivity contribution is 4.91. The van der Waals surface area contributed by atoms with Crippen LogP contribution in [0, 0.1) is 5.92 Å². The Balaban J connectivity index is 1.84. The first kappa shape index (κ1) is 16.2. The number of alkyl halides is 3. The lowest BCUT2D eigenvalue weighted by molar-refractivity contribution is -0.223. The third-order valence-electron chi connectivity index (χ3n) is 3.76. The number of piperidine rings is 1. The number of aliphatic hydroxyl groups is 1. The number of aliphatic hydroxyl groups excluding tert-OH is 1. The second-order valence-electron chi connectivity index (χ2n) is 5.80. The molecule has 2 heterocycles. The van der Waals surface area contributed by atoms with Crippen LogP contribution in [0.15, 0.2) is 4.52 Å². The molecule has 1 aromatic heterocycles. The lowest BCUT2D eigenvalue weighted by atomic mass is 9.91. The van der Waals surface area contributed by atoms with Crippen molar-refractivity contribution in [2.24, 2.45) is 5.92 Å². The third kappa shape index (κ3) is 4.16. The van der Waals surface area contributed by atoms with Crippen molar-refractivity contribution in [1.82, 2.24) is 15.0 Å². The maximum Gasteiger partial charge on any atom is 0.414 e. The van der Waals surface area contributed by atoms with E-state index in [4.69, 9.17) is 4.52 Å². The second-order valence-corrected chi connectivity index (χ2v) is 5.80. The number of rotatable bonds is 4. The third-order valence-corrected chi connectivity index (χ3v) is 3.76. The molecule has 5 nitrogen and oxygen atoms in total. The minimum atomic E-state index is -4.54. The largest absolute Gasteiger partial charge is 0.414 e. The summed E-state index contributed by atoms with van der Waals surface area (Å²) in [5.74, 6) is 0.539. The van der Waals surface area contributed by atoms with Gasteiger partial charge in [-0.25, -0.2) is 0 Å². The van der Waals surface area contributed by atoms with Gasteiger partial charge in [0.25, 0.3) is 0 Å².